The summed E-state index contributed by atoms with van der Waals surface area (Å²) in [6.07, 6.45) is 4.06. The molecule has 5 rings (SSSR count). The Kier molecular flexibility index (Phi) is 3.14. The van der Waals surface area contributed by atoms with E-state index in [-0.39, 0.29) is 17.3 Å². The molecule has 3 heterocycles. The van der Waals surface area contributed by atoms with Gasteiger partial charge in [-0.15, -0.1) is 0 Å². The summed E-state index contributed by atoms with van der Waals surface area (Å²) >= 11 is 0. The molecule has 3 atom stereocenters. The van der Waals surface area contributed by atoms with Crippen LogP contribution in [0.15, 0.2) is 41.1 Å². The van der Waals surface area contributed by atoms with E-state index in [2.05, 4.69) is 29.3 Å². The quantitative estimate of drug-likeness (QED) is 0.625. The highest BCUT2D eigenvalue weighted by atomic mass is 16.5. The molecule has 5 nitrogen and oxygen atoms in total. The van der Waals surface area contributed by atoms with Crippen LogP contribution < -0.4 is 5.32 Å². The van der Waals surface area contributed by atoms with Crippen LogP contribution in [0.5, 0.6) is 0 Å². The highest BCUT2D eigenvalue weighted by Gasteiger charge is 2.62. The first kappa shape index (κ1) is 15.7. The van der Waals surface area contributed by atoms with Crippen molar-refractivity contribution >= 4 is 11.7 Å². The van der Waals surface area contributed by atoms with E-state index in [1.165, 1.54) is 18.2 Å². The summed E-state index contributed by atoms with van der Waals surface area (Å²) in [6.45, 7) is 3.97. The summed E-state index contributed by atoms with van der Waals surface area (Å²) < 4.78 is 5.20. The Hall–Kier alpha value is -2.58. The first-order valence-corrected chi connectivity index (χ1v) is 9.17. The minimum absolute atomic E-state index is 0.118. The maximum absolute atomic E-state index is 12.8. The fourth-order valence-electron chi connectivity index (χ4n) is 5.72. The van der Waals surface area contributed by atoms with Crippen LogP contribution in [0.25, 0.3) is 0 Å². The number of hydrogen-bond acceptors (Lipinski definition) is 5. The Labute approximate surface area is 152 Å². The van der Waals surface area contributed by atoms with Gasteiger partial charge in [-0.05, 0) is 43.5 Å². The minimum Gasteiger partial charge on any atom is -0.466 e. The first-order chi connectivity index (χ1) is 12.6. The summed E-state index contributed by atoms with van der Waals surface area (Å²) in [5.41, 5.74) is 5.75. The second-order valence-electron chi connectivity index (χ2n) is 7.64. The predicted molar refractivity (Wildman–Crippen MR) is 97.3 cm³/mol. The van der Waals surface area contributed by atoms with Crippen molar-refractivity contribution in [2.75, 3.05) is 25.5 Å². The minimum atomic E-state index is -0.233. The number of esters is 1. The summed E-state index contributed by atoms with van der Waals surface area (Å²) in [5.74, 6) is -0.115. The predicted octanol–water partition coefficient (Wildman–Crippen LogP) is 2.70. The molecule has 3 aliphatic heterocycles. The number of nitrogens with zero attached hydrogens (tertiary/aromatic N) is 2. The molecular weight excluding hydrogens is 326 g/mol. The SMILES string of the molecule is C/C=C1/CN2CC[C@]34C(=C(C(=O)OC)C1C[C@H]23)Nc1ccc(C#N)cc14. The van der Waals surface area contributed by atoms with Crippen molar-refractivity contribution in [2.45, 2.75) is 31.2 Å². The van der Waals surface area contributed by atoms with Gasteiger partial charge < -0.3 is 10.1 Å². The van der Waals surface area contributed by atoms with E-state index in [0.29, 0.717) is 11.6 Å². The fourth-order valence-corrected chi connectivity index (χ4v) is 5.72. The zero-order chi connectivity index (χ0) is 18.1. The van der Waals surface area contributed by atoms with Gasteiger partial charge in [0.15, 0.2) is 0 Å². The number of nitrogens with one attached hydrogen (secondary N) is 1. The van der Waals surface area contributed by atoms with Crippen molar-refractivity contribution in [3.63, 3.8) is 0 Å². The van der Waals surface area contributed by atoms with Gasteiger partial charge in [0.05, 0.1) is 29.7 Å². The van der Waals surface area contributed by atoms with E-state index in [0.717, 1.165) is 42.9 Å². The second kappa shape index (κ2) is 5.21. The molecule has 0 amide bonds. The molecule has 2 fully saturated rings. The number of piperidine rings is 1. The molecule has 0 saturated carbocycles. The topological polar surface area (TPSA) is 65.4 Å². The average Bonchev–Trinajstić information content (AvgIpc) is 3.23. The molecule has 2 bridgehead atoms. The third kappa shape index (κ3) is 1.70. The number of hydrogen-bond donors (Lipinski definition) is 1. The molecule has 4 aliphatic rings. The smallest absolute Gasteiger partial charge is 0.336 e. The standard InChI is InChI=1S/C21H21N3O2/c1-3-13-11-24-7-6-21-15-8-12(10-22)4-5-16(15)23-19(21)18(20(25)26-2)14(13)9-17(21)24/h3-5,8,14,17,23H,6-7,9,11H2,1-2H3/b13-3-/t14?,17-,21+/m0/s1. The molecule has 1 spiro atoms. The Morgan fingerprint density at radius 1 is 1.50 bits per heavy atom. The van der Waals surface area contributed by atoms with Gasteiger partial charge in [0, 0.05) is 36.4 Å². The van der Waals surface area contributed by atoms with E-state index in [1.54, 1.807) is 0 Å². The summed E-state index contributed by atoms with van der Waals surface area (Å²) in [4.78, 5) is 15.4. The maximum atomic E-state index is 12.8. The van der Waals surface area contributed by atoms with Crippen LogP contribution in [0.4, 0.5) is 5.69 Å². The number of nitriles is 1. The monoisotopic (exact) mass is 347 g/mol. The molecule has 2 saturated heterocycles. The van der Waals surface area contributed by atoms with E-state index < -0.39 is 0 Å². The first-order valence-electron chi connectivity index (χ1n) is 9.17. The number of carbonyl (C=O) groups excluding carboxylic acids is 1. The summed E-state index contributed by atoms with van der Waals surface area (Å²) in [7, 11) is 1.46. The normalized spacial score (nSPS) is 32.7. The van der Waals surface area contributed by atoms with Crippen molar-refractivity contribution in [3.8, 4) is 6.07 Å². The van der Waals surface area contributed by atoms with Gasteiger partial charge in [-0.1, -0.05) is 11.6 Å². The molecule has 1 unspecified atom stereocenters. The van der Waals surface area contributed by atoms with E-state index in [4.69, 9.17) is 4.74 Å². The molecule has 1 aliphatic carbocycles. The lowest BCUT2D eigenvalue weighted by Crippen LogP contribution is -2.53. The van der Waals surface area contributed by atoms with Crippen molar-refractivity contribution < 1.29 is 9.53 Å². The Morgan fingerprint density at radius 3 is 3.08 bits per heavy atom. The van der Waals surface area contributed by atoms with E-state index >= 15 is 0 Å². The van der Waals surface area contributed by atoms with Crippen LogP contribution in [0.3, 0.4) is 0 Å². The molecule has 1 aromatic rings. The zero-order valence-corrected chi connectivity index (χ0v) is 15.0. The maximum Gasteiger partial charge on any atom is 0.336 e. The van der Waals surface area contributed by atoms with Crippen LogP contribution in [0.1, 0.15) is 30.9 Å². The largest absolute Gasteiger partial charge is 0.466 e. The average molecular weight is 347 g/mol. The summed E-state index contributed by atoms with van der Waals surface area (Å²) in [5, 5.41) is 12.9. The molecule has 0 radical (unpaired) electrons. The number of carbonyl (C=O) groups is 1. The lowest BCUT2D eigenvalue weighted by atomic mass is 9.61. The third-order valence-electron chi connectivity index (χ3n) is 6.82. The van der Waals surface area contributed by atoms with Gasteiger partial charge >= 0.3 is 5.97 Å². The Bertz CT molecular complexity index is 939. The van der Waals surface area contributed by atoms with Gasteiger partial charge in [-0.2, -0.15) is 5.26 Å². The molecule has 1 aromatic carbocycles. The van der Waals surface area contributed by atoms with Gasteiger partial charge in [-0.25, -0.2) is 4.79 Å². The second-order valence-corrected chi connectivity index (χ2v) is 7.64. The van der Waals surface area contributed by atoms with Crippen molar-refractivity contribution in [1.82, 2.24) is 4.90 Å². The number of fused-ring (bicyclic) bond motifs is 2. The molecular formula is C21H21N3O2. The van der Waals surface area contributed by atoms with E-state index in [1.807, 2.05) is 18.2 Å². The van der Waals surface area contributed by atoms with Gasteiger partial charge in [0.2, 0.25) is 0 Å². The number of allylic oxidation sites excluding steroid dienone is 1. The molecule has 0 aromatic heterocycles. The number of benzene rings is 1. The van der Waals surface area contributed by atoms with Gasteiger partial charge in [0.1, 0.15) is 0 Å². The molecule has 132 valence electrons. The van der Waals surface area contributed by atoms with Crippen LogP contribution in [-0.2, 0) is 14.9 Å². The molecule has 1 N–H and O–H groups in total. The van der Waals surface area contributed by atoms with Crippen LogP contribution in [0, 0.1) is 17.2 Å². The van der Waals surface area contributed by atoms with Crippen LogP contribution in [-0.4, -0.2) is 37.1 Å². The molecule has 26 heavy (non-hydrogen) atoms. The number of anilines is 1. The lowest BCUT2D eigenvalue weighted by Gasteiger charge is -2.48. The van der Waals surface area contributed by atoms with Crippen LogP contribution in [0.2, 0.25) is 0 Å². The number of ether oxygens (including phenoxy) is 1. The third-order valence-corrected chi connectivity index (χ3v) is 6.82. The highest BCUT2D eigenvalue weighted by molar-refractivity contribution is 5.94. The van der Waals surface area contributed by atoms with Gasteiger partial charge in [0.25, 0.3) is 0 Å². The summed E-state index contributed by atoms with van der Waals surface area (Å²) in [6, 6.07) is 8.46. The molecule has 5 heteroatoms. The fraction of sp³-hybridized carbons (Fsp3) is 0.429. The highest BCUT2D eigenvalue weighted by Crippen LogP contribution is 2.61. The van der Waals surface area contributed by atoms with Crippen LogP contribution >= 0.6 is 0 Å². The lowest BCUT2D eigenvalue weighted by molar-refractivity contribution is -0.137. The number of methoxy groups -OCH3 is 1. The van der Waals surface area contributed by atoms with Crippen molar-refractivity contribution in [2.24, 2.45) is 5.92 Å². The van der Waals surface area contributed by atoms with Crippen molar-refractivity contribution in [3.05, 3.63) is 52.2 Å². The zero-order valence-electron chi connectivity index (χ0n) is 15.0. The number of rotatable bonds is 1. The Balaban J connectivity index is 1.82. The van der Waals surface area contributed by atoms with E-state index in [9.17, 15) is 10.1 Å². The van der Waals surface area contributed by atoms with Gasteiger partial charge in [-0.3, -0.25) is 4.90 Å². The van der Waals surface area contributed by atoms with Crippen molar-refractivity contribution in [1.29, 1.82) is 5.26 Å². The Morgan fingerprint density at radius 2 is 2.35 bits per heavy atom.